The van der Waals surface area contributed by atoms with Gasteiger partial charge in [-0.05, 0) is 79.5 Å². The molecule has 0 atom stereocenters. The van der Waals surface area contributed by atoms with E-state index in [1.165, 1.54) is 55.9 Å². The fourth-order valence-electron chi connectivity index (χ4n) is 3.52. The maximum atomic E-state index is 4.36. The highest BCUT2D eigenvalue weighted by atomic mass is 16.3. The van der Waals surface area contributed by atoms with Gasteiger partial charge >= 0.3 is 0 Å². The lowest BCUT2D eigenvalue weighted by atomic mass is 9.97. The van der Waals surface area contributed by atoms with Crippen LogP contribution in [0.2, 0.25) is 0 Å². The molecule has 1 heterocycles. The second kappa shape index (κ2) is 6.54. The van der Waals surface area contributed by atoms with E-state index >= 15 is 0 Å². The normalized spacial score (nSPS) is 11.0. The molecule has 0 radical (unpaired) electrons. The minimum absolute atomic E-state index is 1.26. The van der Waals surface area contributed by atoms with E-state index in [0.29, 0.717) is 0 Å². The maximum absolute atomic E-state index is 4.36. The Morgan fingerprint density at radius 3 is 0.963 bits per heavy atom. The molecule has 27 heavy (non-hydrogen) atoms. The fourth-order valence-corrected chi connectivity index (χ4v) is 3.52. The maximum Gasteiger partial charge on any atom is 0.203 e. The highest BCUT2D eigenvalue weighted by molar-refractivity contribution is 6.08. The van der Waals surface area contributed by atoms with E-state index in [9.17, 15) is 0 Å². The molecular weight excluding hydrogens is 332 g/mol. The van der Waals surface area contributed by atoms with Crippen molar-refractivity contribution in [3.63, 3.8) is 0 Å². The van der Waals surface area contributed by atoms with Crippen LogP contribution in [-0.2, 0) is 0 Å². The van der Waals surface area contributed by atoms with Crippen LogP contribution in [0, 0.1) is 0 Å². The van der Waals surface area contributed by atoms with Crippen LogP contribution in [0.3, 0.4) is 0 Å². The van der Waals surface area contributed by atoms with Crippen LogP contribution < -0.4 is 0 Å². The average molecular weight is 348 g/mol. The predicted octanol–water partition coefficient (Wildman–Crippen LogP) is 6.37. The number of aromatic nitrogens is 2. The summed E-state index contributed by atoms with van der Waals surface area (Å²) in [5.74, 6) is 0. The summed E-state index contributed by atoms with van der Waals surface area (Å²) < 4.78 is 4.36. The molecule has 3 nitrogen and oxygen atoms in total. The molecule has 0 unspecified atom stereocenters. The summed E-state index contributed by atoms with van der Waals surface area (Å²) in [7, 11) is 0. The Balaban J connectivity index is 0.000000280. The number of rotatable bonds is 0. The second-order valence-corrected chi connectivity index (χ2v) is 6.52. The van der Waals surface area contributed by atoms with E-state index in [1.807, 2.05) is 0 Å². The fraction of sp³-hybridized carbons (Fsp3) is 0. The Morgan fingerprint density at radius 1 is 0.407 bits per heavy atom. The Morgan fingerprint density at radius 2 is 0.704 bits per heavy atom. The van der Waals surface area contributed by atoms with E-state index in [4.69, 9.17) is 0 Å². The molecule has 0 aliphatic rings. The third-order valence-electron chi connectivity index (χ3n) is 4.81. The first kappa shape index (κ1) is 15.5. The van der Waals surface area contributed by atoms with Crippen molar-refractivity contribution in [1.82, 2.24) is 10.2 Å². The largest absolute Gasteiger partial charge is 0.431 e. The molecule has 0 spiro atoms. The number of nitrogens with zero attached hydrogens (tertiary/aromatic N) is 2. The van der Waals surface area contributed by atoms with Crippen LogP contribution >= 0.6 is 0 Å². The van der Waals surface area contributed by atoms with Gasteiger partial charge in [-0.25, -0.2) is 0 Å². The topological polar surface area (TPSA) is 38.9 Å². The number of hydrogen-bond donors (Lipinski definition) is 0. The van der Waals surface area contributed by atoms with E-state index in [-0.39, 0.29) is 0 Å². The summed E-state index contributed by atoms with van der Waals surface area (Å²) >= 11 is 0. The first-order valence-electron chi connectivity index (χ1n) is 8.81. The summed E-state index contributed by atoms with van der Waals surface area (Å²) in [5, 5.41) is 17.0. The molecule has 0 bridgehead atoms. The van der Waals surface area contributed by atoms with Gasteiger partial charge in [0.1, 0.15) is 0 Å². The lowest BCUT2D eigenvalue weighted by Gasteiger charge is -2.07. The first-order chi connectivity index (χ1) is 13.4. The molecule has 0 saturated carbocycles. The highest BCUT2D eigenvalue weighted by Crippen LogP contribution is 2.29. The molecule has 0 saturated heterocycles. The van der Waals surface area contributed by atoms with Gasteiger partial charge in [0.25, 0.3) is 0 Å². The minimum Gasteiger partial charge on any atom is -0.431 e. The smallest absolute Gasteiger partial charge is 0.203 e. The molecular formula is C24H16N2O. The van der Waals surface area contributed by atoms with Crippen molar-refractivity contribution in [2.45, 2.75) is 0 Å². The quantitative estimate of drug-likeness (QED) is 0.299. The zero-order valence-electron chi connectivity index (χ0n) is 14.5. The molecule has 0 aliphatic heterocycles. The Hall–Kier alpha value is -3.72. The van der Waals surface area contributed by atoms with Crippen LogP contribution in [0.25, 0.3) is 43.1 Å². The zero-order valence-corrected chi connectivity index (χ0v) is 14.5. The molecule has 128 valence electrons. The van der Waals surface area contributed by atoms with Crippen molar-refractivity contribution >= 4 is 43.1 Å². The van der Waals surface area contributed by atoms with Gasteiger partial charge in [-0.15, -0.1) is 10.2 Å². The molecule has 6 aromatic rings. The summed E-state index contributed by atoms with van der Waals surface area (Å²) in [5.41, 5.74) is 0. The van der Waals surface area contributed by atoms with Gasteiger partial charge in [-0.1, -0.05) is 48.5 Å². The highest BCUT2D eigenvalue weighted by Gasteiger charge is 2.02. The first-order valence-corrected chi connectivity index (χ1v) is 8.81. The van der Waals surface area contributed by atoms with Crippen molar-refractivity contribution in [3.8, 4) is 0 Å². The molecule has 5 aromatic carbocycles. The van der Waals surface area contributed by atoms with Crippen molar-refractivity contribution < 1.29 is 4.42 Å². The molecule has 6 rings (SSSR count). The number of benzene rings is 5. The predicted molar refractivity (Wildman–Crippen MR) is 111 cm³/mol. The third-order valence-corrected chi connectivity index (χ3v) is 4.81. The van der Waals surface area contributed by atoms with Crippen molar-refractivity contribution in [3.05, 3.63) is 97.7 Å². The minimum atomic E-state index is 1.26. The van der Waals surface area contributed by atoms with E-state index in [1.54, 1.807) is 0 Å². The molecule has 0 N–H and O–H groups in total. The lowest BCUT2D eigenvalue weighted by Crippen LogP contribution is -1.80. The second-order valence-electron chi connectivity index (χ2n) is 6.52. The standard InChI is InChI=1S/C22H14.C2H2N2O/c1-2-6-16-10-20-14-22-12-18-8-4-3-7-17(18)11-21(22)13-19(20)9-15(16)5-1;1-3-4-2-5-1/h1-14H;1-2H. The zero-order chi connectivity index (χ0) is 18.1. The Bertz CT molecular complexity index is 1170. The van der Waals surface area contributed by atoms with Crippen molar-refractivity contribution in [2.24, 2.45) is 0 Å². The summed E-state index contributed by atoms with van der Waals surface area (Å²) in [4.78, 5) is 0. The Labute approximate surface area is 155 Å². The van der Waals surface area contributed by atoms with Gasteiger partial charge in [0.05, 0.1) is 0 Å². The van der Waals surface area contributed by atoms with Gasteiger partial charge in [-0.3, -0.25) is 0 Å². The van der Waals surface area contributed by atoms with E-state index in [2.05, 4.69) is 99.5 Å². The van der Waals surface area contributed by atoms with Crippen LogP contribution in [0.4, 0.5) is 0 Å². The summed E-state index contributed by atoms with van der Waals surface area (Å²) in [6, 6.07) is 30.9. The van der Waals surface area contributed by atoms with Gasteiger partial charge in [0.15, 0.2) is 0 Å². The van der Waals surface area contributed by atoms with Crippen LogP contribution in [0.5, 0.6) is 0 Å². The average Bonchev–Trinajstić information content (AvgIpc) is 3.29. The summed E-state index contributed by atoms with van der Waals surface area (Å²) in [6.07, 6.45) is 2.53. The molecule has 0 fully saturated rings. The van der Waals surface area contributed by atoms with Crippen molar-refractivity contribution in [2.75, 3.05) is 0 Å². The molecule has 0 aliphatic carbocycles. The Kier molecular flexibility index (Phi) is 3.76. The number of hydrogen-bond acceptors (Lipinski definition) is 3. The lowest BCUT2D eigenvalue weighted by molar-refractivity contribution is 0.553. The van der Waals surface area contributed by atoms with E-state index < -0.39 is 0 Å². The SMILES string of the molecule is c1ccc2cc3cc4cc5ccccc5cc4cc3cc2c1.c1nnco1. The molecule has 0 amide bonds. The van der Waals surface area contributed by atoms with Crippen LogP contribution in [-0.4, -0.2) is 10.2 Å². The molecule has 3 heteroatoms. The van der Waals surface area contributed by atoms with Gasteiger partial charge in [0, 0.05) is 0 Å². The van der Waals surface area contributed by atoms with Crippen molar-refractivity contribution in [1.29, 1.82) is 0 Å². The van der Waals surface area contributed by atoms with Crippen LogP contribution in [0.1, 0.15) is 0 Å². The van der Waals surface area contributed by atoms with Gasteiger partial charge in [-0.2, -0.15) is 0 Å². The number of fused-ring (bicyclic) bond motifs is 4. The van der Waals surface area contributed by atoms with Crippen LogP contribution in [0.15, 0.2) is 102 Å². The van der Waals surface area contributed by atoms with Gasteiger partial charge in [0.2, 0.25) is 12.8 Å². The summed E-state index contributed by atoms with van der Waals surface area (Å²) in [6.45, 7) is 0. The van der Waals surface area contributed by atoms with E-state index in [0.717, 1.165) is 0 Å². The molecule has 1 aromatic heterocycles. The van der Waals surface area contributed by atoms with Gasteiger partial charge < -0.3 is 4.42 Å². The third kappa shape index (κ3) is 3.00. The monoisotopic (exact) mass is 348 g/mol.